The zero-order valence-electron chi connectivity index (χ0n) is 14.3. The molecule has 0 aromatic heterocycles. The molecule has 0 fully saturated rings. The van der Waals surface area contributed by atoms with Crippen LogP contribution in [0.1, 0.15) is 30.4 Å². The largest absolute Gasteiger partial charge is 0.462 e. The van der Waals surface area contributed by atoms with Crippen LogP contribution in [0.5, 0.6) is 0 Å². The zero-order valence-corrected chi connectivity index (χ0v) is 14.3. The van der Waals surface area contributed by atoms with Crippen molar-refractivity contribution in [3.8, 4) is 0 Å². The fraction of sp³-hybridized carbons (Fsp3) is 0.333. The van der Waals surface area contributed by atoms with Gasteiger partial charge >= 0.3 is 11.9 Å². The molecule has 1 aromatic rings. The lowest BCUT2D eigenvalue weighted by Gasteiger charge is -2.38. The van der Waals surface area contributed by atoms with Crippen LogP contribution < -0.4 is 0 Å². The molecule has 1 aliphatic heterocycles. The highest BCUT2D eigenvalue weighted by atomic mass is 16.6. The van der Waals surface area contributed by atoms with Gasteiger partial charge in [0.1, 0.15) is 0 Å². The number of aryl methyl sites for hydroxylation is 1. The molecule has 4 heteroatoms. The second kappa shape index (κ2) is 5.73. The van der Waals surface area contributed by atoms with Crippen LogP contribution in [0, 0.1) is 12.8 Å². The zero-order chi connectivity index (χ0) is 17.6. The van der Waals surface area contributed by atoms with E-state index < -0.39 is 17.5 Å². The molecule has 0 N–H and O–H groups in total. The summed E-state index contributed by atoms with van der Waals surface area (Å²) in [4.78, 5) is 24.9. The fourth-order valence-electron chi connectivity index (χ4n) is 4.01. The van der Waals surface area contributed by atoms with Crippen molar-refractivity contribution in [3.05, 3.63) is 70.8 Å². The molecule has 0 saturated carbocycles. The first-order chi connectivity index (χ1) is 12.0. The molecule has 3 aliphatic carbocycles. The van der Waals surface area contributed by atoms with Crippen LogP contribution in [0.15, 0.2) is 59.7 Å². The Morgan fingerprint density at radius 2 is 2.04 bits per heavy atom. The lowest BCUT2D eigenvalue weighted by Crippen LogP contribution is -2.39. The van der Waals surface area contributed by atoms with Gasteiger partial charge in [-0.25, -0.2) is 9.59 Å². The Bertz CT molecular complexity index is 828. The third-order valence-corrected chi connectivity index (χ3v) is 5.24. The summed E-state index contributed by atoms with van der Waals surface area (Å²) in [6.45, 7) is 3.99. The van der Waals surface area contributed by atoms with Gasteiger partial charge in [-0.3, -0.25) is 0 Å². The van der Waals surface area contributed by atoms with Crippen molar-refractivity contribution < 1.29 is 19.1 Å². The summed E-state index contributed by atoms with van der Waals surface area (Å²) in [5.41, 5.74) is 2.03. The fourth-order valence-corrected chi connectivity index (χ4v) is 4.01. The molecule has 5 rings (SSSR count). The number of ether oxygens (including phenoxy) is 2. The Labute approximate surface area is 146 Å². The van der Waals surface area contributed by atoms with Crippen molar-refractivity contribution in [2.24, 2.45) is 5.92 Å². The normalized spacial score (nSPS) is 29.4. The van der Waals surface area contributed by atoms with E-state index in [1.54, 1.807) is 6.92 Å². The highest BCUT2D eigenvalue weighted by Crippen LogP contribution is 2.53. The SMILES string of the molecule is CCOC(=O)C1=C2C=C[C@H]3C=C[C@]2(OC1=O)[C@@H](c1ccc(C)cc1)C3. The lowest BCUT2D eigenvalue weighted by atomic mass is 9.71. The van der Waals surface area contributed by atoms with Crippen LogP contribution >= 0.6 is 0 Å². The number of allylic oxidation sites excluding steroid dienone is 2. The molecule has 128 valence electrons. The van der Waals surface area contributed by atoms with Crippen LogP contribution in [-0.4, -0.2) is 24.1 Å². The topological polar surface area (TPSA) is 52.6 Å². The summed E-state index contributed by atoms with van der Waals surface area (Å²) < 4.78 is 10.9. The van der Waals surface area contributed by atoms with Crippen molar-refractivity contribution in [1.82, 2.24) is 0 Å². The maximum atomic E-state index is 12.5. The number of benzene rings is 1. The monoisotopic (exact) mass is 336 g/mol. The summed E-state index contributed by atoms with van der Waals surface area (Å²) in [6.07, 6.45) is 8.77. The number of carbonyl (C=O) groups excluding carboxylic acids is 2. The van der Waals surface area contributed by atoms with Crippen molar-refractivity contribution in [2.75, 3.05) is 6.61 Å². The van der Waals surface area contributed by atoms with Crippen molar-refractivity contribution in [3.63, 3.8) is 0 Å². The summed E-state index contributed by atoms with van der Waals surface area (Å²) in [5, 5.41) is 0. The van der Waals surface area contributed by atoms with Crippen LogP contribution in [0.4, 0.5) is 0 Å². The van der Waals surface area contributed by atoms with E-state index in [4.69, 9.17) is 9.47 Å². The number of hydrogen-bond donors (Lipinski definition) is 0. The van der Waals surface area contributed by atoms with Gasteiger partial charge in [0.25, 0.3) is 0 Å². The van der Waals surface area contributed by atoms with Crippen LogP contribution in [-0.2, 0) is 19.1 Å². The van der Waals surface area contributed by atoms with Crippen LogP contribution in [0.25, 0.3) is 0 Å². The first kappa shape index (κ1) is 15.9. The smallest absolute Gasteiger partial charge is 0.347 e. The van der Waals surface area contributed by atoms with E-state index in [-0.39, 0.29) is 24.0 Å². The molecular formula is C21H20O4. The Hall–Kier alpha value is -2.62. The molecule has 0 amide bonds. The minimum atomic E-state index is -0.919. The maximum Gasteiger partial charge on any atom is 0.347 e. The summed E-state index contributed by atoms with van der Waals surface area (Å²) >= 11 is 0. The Morgan fingerprint density at radius 1 is 1.28 bits per heavy atom. The second-order valence-corrected chi connectivity index (χ2v) is 6.77. The molecule has 0 saturated heterocycles. The molecule has 3 atom stereocenters. The summed E-state index contributed by atoms with van der Waals surface area (Å²) in [6, 6.07) is 8.29. The third kappa shape index (κ3) is 2.36. The van der Waals surface area contributed by atoms with E-state index in [9.17, 15) is 9.59 Å². The van der Waals surface area contributed by atoms with Gasteiger partial charge in [-0.15, -0.1) is 0 Å². The predicted molar refractivity (Wildman–Crippen MR) is 92.8 cm³/mol. The molecule has 25 heavy (non-hydrogen) atoms. The van der Waals surface area contributed by atoms with Gasteiger partial charge in [-0.05, 0) is 37.8 Å². The first-order valence-corrected chi connectivity index (χ1v) is 8.64. The summed E-state index contributed by atoms with van der Waals surface area (Å²) in [7, 11) is 0. The molecule has 1 aromatic carbocycles. The van der Waals surface area contributed by atoms with E-state index >= 15 is 0 Å². The van der Waals surface area contributed by atoms with E-state index in [0.717, 1.165) is 12.0 Å². The second-order valence-electron chi connectivity index (χ2n) is 6.77. The molecule has 2 bridgehead atoms. The third-order valence-electron chi connectivity index (χ3n) is 5.24. The first-order valence-electron chi connectivity index (χ1n) is 8.64. The predicted octanol–water partition coefficient (Wildman–Crippen LogP) is 3.38. The van der Waals surface area contributed by atoms with Crippen molar-refractivity contribution in [1.29, 1.82) is 0 Å². The molecule has 1 spiro atoms. The molecule has 0 unspecified atom stereocenters. The number of esters is 2. The molecular weight excluding hydrogens is 316 g/mol. The average Bonchev–Trinajstić information content (AvgIpc) is 2.71. The van der Waals surface area contributed by atoms with Gasteiger partial charge in [0.2, 0.25) is 0 Å². The van der Waals surface area contributed by atoms with Gasteiger partial charge < -0.3 is 9.47 Å². The highest BCUT2D eigenvalue weighted by Gasteiger charge is 2.55. The van der Waals surface area contributed by atoms with E-state index in [0.29, 0.717) is 5.57 Å². The highest BCUT2D eigenvalue weighted by molar-refractivity contribution is 6.17. The van der Waals surface area contributed by atoms with Crippen molar-refractivity contribution >= 4 is 11.9 Å². The molecule has 4 aliphatic rings. The number of carbonyl (C=O) groups is 2. The van der Waals surface area contributed by atoms with E-state index in [1.807, 2.05) is 25.2 Å². The van der Waals surface area contributed by atoms with Gasteiger partial charge in [-0.2, -0.15) is 0 Å². The minimum absolute atomic E-state index is 0.0241. The average molecular weight is 336 g/mol. The molecule has 1 heterocycles. The van der Waals surface area contributed by atoms with E-state index in [2.05, 4.69) is 30.3 Å². The Kier molecular flexibility index (Phi) is 3.64. The van der Waals surface area contributed by atoms with Crippen LogP contribution in [0.3, 0.4) is 0 Å². The molecule has 4 nitrogen and oxygen atoms in total. The van der Waals surface area contributed by atoms with Gasteiger partial charge in [0.05, 0.1) is 6.61 Å². The van der Waals surface area contributed by atoms with Gasteiger partial charge in [0.15, 0.2) is 11.2 Å². The minimum Gasteiger partial charge on any atom is -0.462 e. The number of rotatable bonds is 3. The maximum absolute atomic E-state index is 12.5. The van der Waals surface area contributed by atoms with Gasteiger partial charge in [0, 0.05) is 11.5 Å². The van der Waals surface area contributed by atoms with Crippen molar-refractivity contribution in [2.45, 2.75) is 31.8 Å². The lowest BCUT2D eigenvalue weighted by molar-refractivity contribution is -0.149. The number of hydrogen-bond acceptors (Lipinski definition) is 4. The van der Waals surface area contributed by atoms with E-state index in [1.165, 1.54) is 5.56 Å². The Balaban J connectivity index is 1.87. The van der Waals surface area contributed by atoms with Crippen LogP contribution in [0.2, 0.25) is 0 Å². The summed E-state index contributed by atoms with van der Waals surface area (Å²) in [5.74, 6) is -0.966. The number of fused-ring (bicyclic) bond motifs is 1. The quantitative estimate of drug-likeness (QED) is 0.482. The standard InChI is InChI=1S/C21H20O4/c1-3-24-19(22)18-16-9-6-14-10-11-21(16,25-20(18)23)17(12-14)15-7-4-13(2)5-8-15/h4-11,14,17H,3,12H2,1-2H3/t14-,17+,21+/m0/s1. The Morgan fingerprint density at radius 3 is 2.76 bits per heavy atom. The van der Waals surface area contributed by atoms with Gasteiger partial charge in [-0.1, -0.05) is 48.1 Å². The molecule has 0 radical (unpaired) electrons.